The van der Waals surface area contributed by atoms with E-state index in [0.29, 0.717) is 28.3 Å². The second-order valence-corrected chi connectivity index (χ2v) is 10.9. The first kappa shape index (κ1) is 19.8. The highest BCUT2D eigenvalue weighted by molar-refractivity contribution is 7.87. The largest absolute Gasteiger partial charge is 0.390 e. The molecule has 144 valence electrons. The van der Waals surface area contributed by atoms with E-state index in [9.17, 15) is 14.1 Å². The third-order valence-corrected chi connectivity index (χ3v) is 7.96. The van der Waals surface area contributed by atoms with Crippen LogP contribution in [0.2, 0.25) is 5.02 Å². The Morgan fingerprint density at radius 2 is 2.04 bits per heavy atom. The number of amides is 1. The number of benzene rings is 1. The fourth-order valence-corrected chi connectivity index (χ4v) is 5.79. The summed E-state index contributed by atoms with van der Waals surface area (Å²) in [4.78, 5) is 13.2. The van der Waals surface area contributed by atoms with E-state index < -0.39 is 21.1 Å². The van der Waals surface area contributed by atoms with Crippen molar-refractivity contribution in [3.63, 3.8) is 0 Å². The number of carbonyl (C=O) groups is 1. The highest BCUT2D eigenvalue weighted by Crippen LogP contribution is 2.48. The number of aliphatic hydroxyl groups is 1. The molecule has 1 aromatic rings. The number of carbonyl (C=O) groups excluding carboxylic acids is 1. The van der Waals surface area contributed by atoms with Crippen LogP contribution in [0.5, 0.6) is 0 Å². The van der Waals surface area contributed by atoms with Crippen molar-refractivity contribution in [1.82, 2.24) is 5.32 Å². The molecule has 0 aromatic heterocycles. The molecule has 0 radical (unpaired) electrons. The maximum atomic E-state index is 12.8. The maximum absolute atomic E-state index is 12.8. The molecule has 1 amide bonds. The van der Waals surface area contributed by atoms with Crippen LogP contribution in [0.4, 0.5) is 0 Å². The second-order valence-electron chi connectivity index (χ2n) is 8.42. The van der Waals surface area contributed by atoms with Crippen molar-refractivity contribution in [2.45, 2.75) is 67.6 Å². The minimum atomic E-state index is -1.46. The summed E-state index contributed by atoms with van der Waals surface area (Å²) in [6, 6.07) is 6.77. The van der Waals surface area contributed by atoms with E-state index in [-0.39, 0.29) is 5.91 Å². The van der Waals surface area contributed by atoms with E-state index in [2.05, 4.69) is 5.32 Å². The Balaban J connectivity index is 1.52. The third-order valence-electron chi connectivity index (χ3n) is 5.90. The molecule has 0 spiro atoms. The van der Waals surface area contributed by atoms with Gasteiger partial charge in [-0.05, 0) is 88.5 Å². The van der Waals surface area contributed by atoms with Gasteiger partial charge in [0, 0.05) is 16.5 Å². The van der Waals surface area contributed by atoms with Gasteiger partial charge in [0.1, 0.15) is 4.75 Å². The fraction of sp³-hybridized carbons (Fsp3) is 0.650. The lowest BCUT2D eigenvalue weighted by molar-refractivity contribution is -0.122. The molecule has 0 saturated heterocycles. The van der Waals surface area contributed by atoms with E-state index in [0.717, 1.165) is 38.5 Å². The smallest absolute Gasteiger partial charge is 0.238 e. The quantitative estimate of drug-likeness (QED) is 0.769. The lowest BCUT2D eigenvalue weighted by atomic mass is 9.77. The normalized spacial score (nSPS) is 29.4. The molecule has 3 rings (SSSR count). The van der Waals surface area contributed by atoms with Crippen LogP contribution >= 0.6 is 11.6 Å². The van der Waals surface area contributed by atoms with Gasteiger partial charge in [0.2, 0.25) is 5.91 Å². The van der Waals surface area contributed by atoms with E-state index in [1.807, 2.05) is 0 Å². The zero-order valence-electron chi connectivity index (χ0n) is 15.5. The molecular weight excluding hydrogens is 370 g/mol. The van der Waals surface area contributed by atoms with Crippen molar-refractivity contribution in [3.8, 4) is 0 Å². The first-order valence-corrected chi connectivity index (χ1v) is 10.9. The van der Waals surface area contributed by atoms with Gasteiger partial charge in [-0.3, -0.25) is 9.00 Å². The predicted octanol–water partition coefficient (Wildman–Crippen LogP) is 3.67. The van der Waals surface area contributed by atoms with E-state index in [1.54, 1.807) is 38.1 Å². The second kappa shape index (κ2) is 7.61. The van der Waals surface area contributed by atoms with E-state index in [4.69, 9.17) is 11.6 Å². The van der Waals surface area contributed by atoms with E-state index >= 15 is 0 Å². The number of rotatable bonds is 6. The highest BCUT2D eigenvalue weighted by Gasteiger charge is 2.44. The Bertz CT molecular complexity index is 691. The minimum Gasteiger partial charge on any atom is -0.390 e. The van der Waals surface area contributed by atoms with Crippen LogP contribution in [0, 0.1) is 11.8 Å². The number of fused-ring (bicyclic) bond motifs is 2. The van der Waals surface area contributed by atoms with Crippen molar-refractivity contribution in [2.24, 2.45) is 11.8 Å². The van der Waals surface area contributed by atoms with Crippen molar-refractivity contribution in [1.29, 1.82) is 0 Å². The Kier molecular flexibility index (Phi) is 5.80. The van der Waals surface area contributed by atoms with Crippen LogP contribution < -0.4 is 5.32 Å². The summed E-state index contributed by atoms with van der Waals surface area (Å²) >= 11 is 5.87. The summed E-state index contributed by atoms with van der Waals surface area (Å²) in [7, 11) is -1.46. The fourth-order valence-electron chi connectivity index (χ4n) is 4.45. The van der Waals surface area contributed by atoms with Gasteiger partial charge in [-0.25, -0.2) is 0 Å². The summed E-state index contributed by atoms with van der Waals surface area (Å²) < 4.78 is 11.8. The number of halogens is 1. The van der Waals surface area contributed by atoms with E-state index in [1.165, 1.54) is 0 Å². The maximum Gasteiger partial charge on any atom is 0.238 e. The third kappa shape index (κ3) is 4.32. The number of nitrogens with one attached hydrogen (secondary N) is 1. The first-order chi connectivity index (χ1) is 12.2. The van der Waals surface area contributed by atoms with Gasteiger partial charge in [-0.1, -0.05) is 11.6 Å². The zero-order chi connectivity index (χ0) is 18.9. The molecule has 4 nitrogen and oxygen atoms in total. The standard InChI is InChI=1S/C20H28ClNO3S/c1-19(2,26(25)17-5-3-16(21)4-6-17)18(23)22-10-8-15-11-14-7-9-20(24,12-14)13-15/h3-6,14-15,24H,7-13H2,1-2H3,(H,22,23)/t14-,15?,20-,26?/m0/s1. The summed E-state index contributed by atoms with van der Waals surface area (Å²) in [5.41, 5.74) is -0.465. The Labute approximate surface area is 163 Å². The predicted molar refractivity (Wildman–Crippen MR) is 105 cm³/mol. The molecule has 2 bridgehead atoms. The Morgan fingerprint density at radius 1 is 1.35 bits per heavy atom. The molecule has 4 atom stereocenters. The lowest BCUT2D eigenvalue weighted by Gasteiger charge is -2.34. The monoisotopic (exact) mass is 397 g/mol. The van der Waals surface area contributed by atoms with Gasteiger partial charge >= 0.3 is 0 Å². The molecule has 6 heteroatoms. The Morgan fingerprint density at radius 3 is 2.69 bits per heavy atom. The molecule has 0 aliphatic heterocycles. The number of hydrogen-bond donors (Lipinski definition) is 2. The molecule has 1 aromatic carbocycles. The van der Waals surface area contributed by atoms with Gasteiger partial charge in [0.15, 0.2) is 0 Å². The van der Waals surface area contributed by atoms with Gasteiger partial charge in [-0.2, -0.15) is 0 Å². The summed E-state index contributed by atoms with van der Waals surface area (Å²) in [6.07, 6.45) is 5.87. The molecule has 2 N–H and O–H groups in total. The molecule has 2 fully saturated rings. The SMILES string of the molecule is CC(C)(C(=O)NCCC1C[C@@H]2CC[C@@](O)(C1)C2)S(=O)c1ccc(Cl)cc1. The van der Waals surface area contributed by atoms with Crippen molar-refractivity contribution in [2.75, 3.05) is 6.54 Å². The first-order valence-electron chi connectivity index (χ1n) is 9.38. The van der Waals surface area contributed by atoms with Crippen LogP contribution in [0.1, 0.15) is 52.4 Å². The topological polar surface area (TPSA) is 66.4 Å². The van der Waals surface area contributed by atoms with Crippen LogP contribution in [-0.2, 0) is 15.6 Å². The number of hydrogen-bond acceptors (Lipinski definition) is 3. The molecule has 26 heavy (non-hydrogen) atoms. The summed E-state index contributed by atoms with van der Waals surface area (Å²) in [5, 5.41) is 14.0. The Hall–Kier alpha value is -0.910. The molecule has 2 aliphatic rings. The summed E-state index contributed by atoms with van der Waals surface area (Å²) in [5.74, 6) is 0.901. The average molecular weight is 398 g/mol. The van der Waals surface area contributed by atoms with Crippen LogP contribution in [0.25, 0.3) is 0 Å². The van der Waals surface area contributed by atoms with Gasteiger partial charge < -0.3 is 10.4 Å². The minimum absolute atomic E-state index is 0.205. The molecule has 2 unspecified atom stereocenters. The van der Waals surface area contributed by atoms with Crippen molar-refractivity contribution >= 4 is 28.3 Å². The molecule has 2 aliphatic carbocycles. The molecular formula is C20H28ClNO3S. The van der Waals surface area contributed by atoms with Gasteiger partial charge in [0.05, 0.1) is 16.4 Å². The molecule has 0 heterocycles. The van der Waals surface area contributed by atoms with Crippen LogP contribution in [-0.4, -0.2) is 32.1 Å². The van der Waals surface area contributed by atoms with Crippen LogP contribution in [0.15, 0.2) is 29.2 Å². The van der Waals surface area contributed by atoms with Crippen molar-refractivity contribution < 1.29 is 14.1 Å². The summed E-state index contributed by atoms with van der Waals surface area (Å²) in [6.45, 7) is 3.97. The van der Waals surface area contributed by atoms with Crippen molar-refractivity contribution in [3.05, 3.63) is 29.3 Å². The highest BCUT2D eigenvalue weighted by atomic mass is 35.5. The molecule has 2 saturated carbocycles. The lowest BCUT2D eigenvalue weighted by Crippen LogP contribution is -2.46. The van der Waals surface area contributed by atoms with Crippen LogP contribution in [0.3, 0.4) is 0 Å². The van der Waals surface area contributed by atoms with Gasteiger partial charge in [0.25, 0.3) is 0 Å². The average Bonchev–Trinajstić information content (AvgIpc) is 2.87. The van der Waals surface area contributed by atoms with Gasteiger partial charge in [-0.15, -0.1) is 0 Å². The zero-order valence-corrected chi connectivity index (χ0v) is 17.0.